The molecular formula is C14H18N2O2. The summed E-state index contributed by atoms with van der Waals surface area (Å²) in [5, 5.41) is 14.4. The Morgan fingerprint density at radius 1 is 1.22 bits per heavy atom. The molecule has 0 aliphatic rings. The van der Waals surface area contributed by atoms with Gasteiger partial charge in [0.15, 0.2) is 0 Å². The zero-order valence-electron chi connectivity index (χ0n) is 11.1. The van der Waals surface area contributed by atoms with E-state index in [1.807, 2.05) is 35.9 Å². The van der Waals surface area contributed by atoms with Crippen molar-refractivity contribution >= 4 is 0 Å². The summed E-state index contributed by atoms with van der Waals surface area (Å²) in [4.78, 5) is 0. The van der Waals surface area contributed by atoms with E-state index in [0.29, 0.717) is 0 Å². The average molecular weight is 246 g/mol. The molecule has 0 unspecified atom stereocenters. The molecule has 2 aromatic rings. The molecule has 2 rings (SSSR count). The highest BCUT2D eigenvalue weighted by Gasteiger charge is 2.22. The van der Waals surface area contributed by atoms with Gasteiger partial charge in [0, 0.05) is 11.3 Å². The Morgan fingerprint density at radius 2 is 1.83 bits per heavy atom. The van der Waals surface area contributed by atoms with Crippen LogP contribution in [-0.4, -0.2) is 22.0 Å². The fourth-order valence-electron chi connectivity index (χ4n) is 1.99. The normalized spacial score (nSPS) is 11.6. The first-order chi connectivity index (χ1) is 8.43. The van der Waals surface area contributed by atoms with E-state index in [9.17, 15) is 5.11 Å². The molecule has 1 N–H and O–H groups in total. The topological polar surface area (TPSA) is 47.3 Å². The second-order valence-corrected chi connectivity index (χ2v) is 4.81. The highest BCUT2D eigenvalue weighted by Crippen LogP contribution is 2.25. The van der Waals surface area contributed by atoms with Crippen LogP contribution in [0.25, 0.3) is 5.69 Å². The number of aliphatic hydroxyl groups is 1. The Hall–Kier alpha value is -1.81. The number of ether oxygens (including phenoxy) is 1. The van der Waals surface area contributed by atoms with Crippen LogP contribution in [-0.2, 0) is 5.60 Å². The second kappa shape index (κ2) is 4.46. The number of rotatable bonds is 3. The van der Waals surface area contributed by atoms with Crippen LogP contribution < -0.4 is 4.74 Å². The third-order valence-corrected chi connectivity index (χ3v) is 2.99. The third kappa shape index (κ3) is 2.24. The zero-order chi connectivity index (χ0) is 13.3. The van der Waals surface area contributed by atoms with Crippen molar-refractivity contribution in [2.45, 2.75) is 26.4 Å². The third-order valence-electron chi connectivity index (χ3n) is 2.99. The van der Waals surface area contributed by atoms with Crippen molar-refractivity contribution in [2.75, 3.05) is 7.11 Å². The van der Waals surface area contributed by atoms with Gasteiger partial charge in [0.05, 0.1) is 24.6 Å². The van der Waals surface area contributed by atoms with Crippen LogP contribution in [0.15, 0.2) is 30.5 Å². The van der Waals surface area contributed by atoms with Crippen molar-refractivity contribution in [3.8, 4) is 11.4 Å². The molecule has 0 fully saturated rings. The Kier molecular flexibility index (Phi) is 3.13. The maximum atomic E-state index is 10.0. The van der Waals surface area contributed by atoms with Crippen molar-refractivity contribution in [1.82, 2.24) is 9.78 Å². The van der Waals surface area contributed by atoms with Crippen molar-refractivity contribution in [2.24, 2.45) is 0 Å². The molecule has 4 heteroatoms. The summed E-state index contributed by atoms with van der Waals surface area (Å²) >= 11 is 0. The Balaban J connectivity index is 2.42. The molecular weight excluding hydrogens is 228 g/mol. The predicted molar refractivity (Wildman–Crippen MR) is 70.1 cm³/mol. The van der Waals surface area contributed by atoms with Crippen LogP contribution in [0.2, 0.25) is 0 Å². The van der Waals surface area contributed by atoms with Crippen molar-refractivity contribution in [1.29, 1.82) is 0 Å². The maximum Gasteiger partial charge on any atom is 0.119 e. The molecule has 1 heterocycles. The minimum Gasteiger partial charge on any atom is -0.497 e. The molecule has 0 spiro atoms. The fraction of sp³-hybridized carbons (Fsp3) is 0.357. The fourth-order valence-corrected chi connectivity index (χ4v) is 1.99. The lowest BCUT2D eigenvalue weighted by atomic mass is 10.00. The minimum absolute atomic E-state index is 0.811. The van der Waals surface area contributed by atoms with E-state index in [4.69, 9.17) is 4.74 Å². The summed E-state index contributed by atoms with van der Waals surface area (Å²) in [7, 11) is 1.64. The summed E-state index contributed by atoms with van der Waals surface area (Å²) in [6.07, 6.45) is 1.71. The molecule has 1 aromatic carbocycles. The summed E-state index contributed by atoms with van der Waals surface area (Å²) in [6.45, 7) is 5.47. The van der Waals surface area contributed by atoms with Gasteiger partial charge in [-0.1, -0.05) is 0 Å². The van der Waals surface area contributed by atoms with Crippen molar-refractivity contribution < 1.29 is 9.84 Å². The molecule has 0 radical (unpaired) electrons. The van der Waals surface area contributed by atoms with Gasteiger partial charge in [0.1, 0.15) is 5.75 Å². The lowest BCUT2D eigenvalue weighted by Crippen LogP contribution is -2.16. The lowest BCUT2D eigenvalue weighted by Gasteiger charge is -2.16. The molecule has 0 saturated heterocycles. The number of aromatic nitrogens is 2. The van der Waals surface area contributed by atoms with E-state index in [1.165, 1.54) is 0 Å². The van der Waals surface area contributed by atoms with E-state index in [1.54, 1.807) is 27.2 Å². The molecule has 18 heavy (non-hydrogen) atoms. The zero-order valence-corrected chi connectivity index (χ0v) is 11.1. The predicted octanol–water partition coefficient (Wildman–Crippen LogP) is 2.42. The van der Waals surface area contributed by atoms with Crippen LogP contribution >= 0.6 is 0 Å². The smallest absolute Gasteiger partial charge is 0.119 e. The van der Waals surface area contributed by atoms with Gasteiger partial charge in [-0.2, -0.15) is 5.10 Å². The molecule has 0 amide bonds. The van der Waals surface area contributed by atoms with Crippen LogP contribution in [0.4, 0.5) is 0 Å². The highest BCUT2D eigenvalue weighted by atomic mass is 16.5. The van der Waals surface area contributed by atoms with E-state index >= 15 is 0 Å². The van der Waals surface area contributed by atoms with E-state index in [-0.39, 0.29) is 0 Å². The first-order valence-corrected chi connectivity index (χ1v) is 5.85. The van der Waals surface area contributed by atoms with Crippen LogP contribution in [0, 0.1) is 6.92 Å². The SMILES string of the molecule is COc1ccc(-n2ncc(C(C)(C)O)c2C)cc1. The van der Waals surface area contributed by atoms with E-state index < -0.39 is 5.60 Å². The van der Waals surface area contributed by atoms with Gasteiger partial charge >= 0.3 is 0 Å². The van der Waals surface area contributed by atoms with E-state index in [0.717, 1.165) is 22.7 Å². The number of benzene rings is 1. The largest absolute Gasteiger partial charge is 0.497 e. The summed E-state index contributed by atoms with van der Waals surface area (Å²) < 4.78 is 6.94. The van der Waals surface area contributed by atoms with E-state index in [2.05, 4.69) is 5.10 Å². The monoisotopic (exact) mass is 246 g/mol. The number of methoxy groups -OCH3 is 1. The van der Waals surface area contributed by atoms with Crippen LogP contribution in [0.3, 0.4) is 0 Å². The molecule has 0 bridgehead atoms. The number of nitrogens with zero attached hydrogens (tertiary/aromatic N) is 2. The standard InChI is InChI=1S/C14H18N2O2/c1-10-13(14(2,3)17)9-15-16(10)11-5-7-12(18-4)8-6-11/h5-9,17H,1-4H3. The average Bonchev–Trinajstić information content (AvgIpc) is 2.71. The Labute approximate surface area is 107 Å². The van der Waals surface area contributed by atoms with Crippen molar-refractivity contribution in [3.05, 3.63) is 41.7 Å². The first-order valence-electron chi connectivity index (χ1n) is 5.85. The lowest BCUT2D eigenvalue weighted by molar-refractivity contribution is 0.0779. The maximum absolute atomic E-state index is 10.0. The highest BCUT2D eigenvalue weighted by molar-refractivity contribution is 5.39. The van der Waals surface area contributed by atoms with Gasteiger partial charge in [0.2, 0.25) is 0 Å². The molecule has 0 aliphatic carbocycles. The minimum atomic E-state index is -0.880. The molecule has 4 nitrogen and oxygen atoms in total. The molecule has 96 valence electrons. The Bertz CT molecular complexity index is 536. The van der Waals surface area contributed by atoms with Crippen LogP contribution in [0.5, 0.6) is 5.75 Å². The molecule has 1 aromatic heterocycles. The molecule has 0 atom stereocenters. The van der Waals surface area contributed by atoms with Gasteiger partial charge in [0.25, 0.3) is 0 Å². The number of hydrogen-bond acceptors (Lipinski definition) is 3. The van der Waals surface area contributed by atoms with Gasteiger partial charge < -0.3 is 9.84 Å². The van der Waals surface area contributed by atoms with Crippen molar-refractivity contribution in [3.63, 3.8) is 0 Å². The van der Waals surface area contributed by atoms with Crippen LogP contribution in [0.1, 0.15) is 25.1 Å². The molecule has 0 saturated carbocycles. The number of hydrogen-bond donors (Lipinski definition) is 1. The quantitative estimate of drug-likeness (QED) is 0.904. The summed E-state index contributed by atoms with van der Waals surface area (Å²) in [6, 6.07) is 7.65. The second-order valence-electron chi connectivity index (χ2n) is 4.81. The van der Waals surface area contributed by atoms with Gasteiger partial charge in [-0.05, 0) is 45.0 Å². The van der Waals surface area contributed by atoms with Gasteiger partial charge in [-0.3, -0.25) is 0 Å². The molecule has 0 aliphatic heterocycles. The first kappa shape index (κ1) is 12.6. The Morgan fingerprint density at radius 3 is 2.28 bits per heavy atom. The van der Waals surface area contributed by atoms with Gasteiger partial charge in [-0.25, -0.2) is 4.68 Å². The summed E-state index contributed by atoms with van der Waals surface area (Å²) in [5.41, 5.74) is 1.84. The van der Waals surface area contributed by atoms with Gasteiger partial charge in [-0.15, -0.1) is 0 Å². The summed E-state index contributed by atoms with van der Waals surface area (Å²) in [5.74, 6) is 0.811.